The van der Waals surface area contributed by atoms with Crippen LogP contribution in [-0.2, 0) is 17.3 Å². The van der Waals surface area contributed by atoms with Crippen molar-refractivity contribution in [3.8, 4) is 0 Å². The van der Waals surface area contributed by atoms with E-state index in [1.807, 2.05) is 29.7 Å². The fourth-order valence-corrected chi connectivity index (χ4v) is 2.65. The summed E-state index contributed by atoms with van der Waals surface area (Å²) in [6.45, 7) is 2.51. The molecule has 6 heteroatoms. The first-order valence-electron chi connectivity index (χ1n) is 5.59. The van der Waals surface area contributed by atoms with E-state index < -0.39 is 10.8 Å². The molecular formula is C12H14Cl2N2OS. The van der Waals surface area contributed by atoms with Gasteiger partial charge in [0.2, 0.25) is 0 Å². The molecule has 1 aromatic carbocycles. The molecule has 0 N–H and O–H groups in total. The number of hydrogen-bond donors (Lipinski definition) is 0. The minimum absolute atomic E-state index is 0.193. The maximum absolute atomic E-state index is 11.2. The van der Waals surface area contributed by atoms with Crippen LogP contribution in [0, 0.1) is 0 Å². The Morgan fingerprint density at radius 3 is 2.83 bits per heavy atom. The van der Waals surface area contributed by atoms with E-state index in [1.165, 1.54) is 0 Å². The number of aromatic nitrogens is 2. The van der Waals surface area contributed by atoms with Gasteiger partial charge in [-0.2, -0.15) is 0 Å². The number of alkyl halides is 1. The number of aryl methyl sites for hydroxylation is 1. The first-order chi connectivity index (χ1) is 8.49. The van der Waals surface area contributed by atoms with E-state index in [0.717, 1.165) is 16.9 Å². The summed E-state index contributed by atoms with van der Waals surface area (Å²) >= 11 is 12.2. The maximum atomic E-state index is 11.2. The summed E-state index contributed by atoms with van der Waals surface area (Å²) in [5.41, 5.74) is 1.80. The Morgan fingerprint density at radius 2 is 2.22 bits per heavy atom. The quantitative estimate of drug-likeness (QED) is 0.812. The van der Waals surface area contributed by atoms with E-state index in [0.29, 0.717) is 17.3 Å². The van der Waals surface area contributed by atoms with Gasteiger partial charge < -0.3 is 4.57 Å². The van der Waals surface area contributed by atoms with Crippen molar-refractivity contribution in [2.24, 2.45) is 0 Å². The first kappa shape index (κ1) is 13.8. The van der Waals surface area contributed by atoms with E-state index in [4.69, 9.17) is 23.2 Å². The van der Waals surface area contributed by atoms with Gasteiger partial charge in [-0.25, -0.2) is 4.98 Å². The molecule has 1 heterocycles. The molecule has 2 unspecified atom stereocenters. The Morgan fingerprint density at radius 1 is 1.50 bits per heavy atom. The number of imidazole rings is 1. The second kappa shape index (κ2) is 5.59. The highest BCUT2D eigenvalue weighted by atomic mass is 35.5. The van der Waals surface area contributed by atoms with E-state index in [9.17, 15) is 4.21 Å². The first-order valence-corrected chi connectivity index (χ1v) is 8.13. The summed E-state index contributed by atoms with van der Waals surface area (Å²) in [6.07, 6.45) is 1.69. The van der Waals surface area contributed by atoms with Gasteiger partial charge in [0, 0.05) is 34.4 Å². The Bertz CT molecular complexity index is 595. The summed E-state index contributed by atoms with van der Waals surface area (Å²) in [5.74, 6) is 1.37. The van der Waals surface area contributed by atoms with Gasteiger partial charge in [-0.1, -0.05) is 11.6 Å². The Balaban J connectivity index is 2.53. The van der Waals surface area contributed by atoms with Gasteiger partial charge >= 0.3 is 0 Å². The highest BCUT2D eigenvalue weighted by Gasteiger charge is 2.15. The molecule has 0 saturated carbocycles. The van der Waals surface area contributed by atoms with Crippen molar-refractivity contribution in [2.45, 2.75) is 18.8 Å². The van der Waals surface area contributed by atoms with Crippen LogP contribution in [0.5, 0.6) is 0 Å². The van der Waals surface area contributed by atoms with Gasteiger partial charge in [0.05, 0.1) is 16.4 Å². The molecule has 2 atom stereocenters. The van der Waals surface area contributed by atoms with E-state index >= 15 is 0 Å². The number of halogens is 2. The van der Waals surface area contributed by atoms with Crippen molar-refractivity contribution in [3.63, 3.8) is 0 Å². The Kier molecular flexibility index (Phi) is 4.30. The number of hydrogen-bond acceptors (Lipinski definition) is 2. The zero-order valence-corrected chi connectivity index (χ0v) is 12.5. The lowest BCUT2D eigenvalue weighted by Gasteiger charge is -2.09. The van der Waals surface area contributed by atoms with Crippen LogP contribution in [0.3, 0.4) is 0 Å². The predicted octanol–water partition coefficient (Wildman–Crippen LogP) is 3.37. The van der Waals surface area contributed by atoms with Crippen molar-refractivity contribution < 1.29 is 4.21 Å². The third-order valence-corrected chi connectivity index (χ3v) is 3.89. The van der Waals surface area contributed by atoms with E-state index in [-0.39, 0.29) is 5.38 Å². The molecule has 0 saturated heterocycles. The molecule has 0 aliphatic rings. The fraction of sp³-hybridized carbons (Fsp3) is 0.417. The minimum atomic E-state index is -0.845. The molecule has 98 valence electrons. The second-order valence-corrected chi connectivity index (χ2v) is 6.79. The van der Waals surface area contributed by atoms with Gasteiger partial charge in [-0.15, -0.1) is 11.6 Å². The number of nitrogens with zero attached hydrogens (tertiary/aromatic N) is 2. The van der Waals surface area contributed by atoms with Crippen molar-refractivity contribution in [1.82, 2.24) is 9.55 Å². The summed E-state index contributed by atoms with van der Waals surface area (Å²) < 4.78 is 13.2. The lowest BCUT2D eigenvalue weighted by molar-refractivity contribution is 0.672. The lowest BCUT2D eigenvalue weighted by Crippen LogP contribution is -2.10. The molecular weight excluding hydrogens is 291 g/mol. The third-order valence-electron chi connectivity index (χ3n) is 2.70. The smallest absolute Gasteiger partial charge is 0.127 e. The van der Waals surface area contributed by atoms with Gasteiger partial charge in [0.15, 0.2) is 0 Å². The van der Waals surface area contributed by atoms with Crippen molar-refractivity contribution >= 4 is 45.0 Å². The molecule has 0 spiro atoms. The zero-order chi connectivity index (χ0) is 13.3. The topological polar surface area (TPSA) is 34.9 Å². The van der Waals surface area contributed by atoms with Crippen LogP contribution in [-0.4, -0.2) is 25.8 Å². The summed E-state index contributed by atoms with van der Waals surface area (Å²) in [5, 5.41) is 0.469. The van der Waals surface area contributed by atoms with Gasteiger partial charge in [0.1, 0.15) is 5.82 Å². The van der Waals surface area contributed by atoms with Crippen molar-refractivity contribution in [2.75, 3.05) is 12.0 Å². The van der Waals surface area contributed by atoms with Crippen LogP contribution >= 0.6 is 23.2 Å². The van der Waals surface area contributed by atoms with Crippen LogP contribution in [0.2, 0.25) is 5.02 Å². The number of benzene rings is 1. The molecule has 2 aromatic rings. The Hall–Kier alpha value is -0.580. The molecule has 0 radical (unpaired) electrons. The van der Waals surface area contributed by atoms with Crippen LogP contribution in [0.4, 0.5) is 0 Å². The highest BCUT2D eigenvalue weighted by molar-refractivity contribution is 7.84. The predicted molar refractivity (Wildman–Crippen MR) is 77.9 cm³/mol. The SMILES string of the molecule is CC(Cl)c1nc2ccc(Cl)cc2n1CCS(C)=O. The third kappa shape index (κ3) is 2.87. The van der Waals surface area contributed by atoms with E-state index in [1.54, 1.807) is 6.26 Å². The average Bonchev–Trinajstić information content (AvgIpc) is 2.64. The normalized spacial score (nSPS) is 14.9. The minimum Gasteiger partial charge on any atom is -0.326 e. The molecule has 0 fully saturated rings. The molecule has 2 rings (SSSR count). The van der Waals surface area contributed by atoms with Crippen molar-refractivity contribution in [3.05, 3.63) is 29.0 Å². The number of fused-ring (bicyclic) bond motifs is 1. The summed E-state index contributed by atoms with van der Waals surface area (Å²) in [6, 6.07) is 5.55. The van der Waals surface area contributed by atoms with E-state index in [2.05, 4.69) is 4.98 Å². The van der Waals surface area contributed by atoms with Crippen molar-refractivity contribution in [1.29, 1.82) is 0 Å². The van der Waals surface area contributed by atoms with Gasteiger partial charge in [-0.3, -0.25) is 4.21 Å². The van der Waals surface area contributed by atoms with Crippen LogP contribution < -0.4 is 0 Å². The molecule has 0 aliphatic heterocycles. The molecule has 1 aromatic heterocycles. The molecule has 0 bridgehead atoms. The zero-order valence-electron chi connectivity index (χ0n) is 10.2. The highest BCUT2D eigenvalue weighted by Crippen LogP contribution is 2.26. The standard InChI is InChI=1S/C12H14Cl2N2OS/c1-8(13)12-15-10-4-3-9(14)7-11(10)16(12)5-6-18(2)17/h3-4,7-8H,5-6H2,1-2H3. The molecule has 3 nitrogen and oxygen atoms in total. The lowest BCUT2D eigenvalue weighted by atomic mass is 10.3. The van der Waals surface area contributed by atoms with Crippen LogP contribution in [0.25, 0.3) is 11.0 Å². The molecule has 0 aliphatic carbocycles. The summed E-state index contributed by atoms with van der Waals surface area (Å²) in [7, 11) is -0.845. The molecule has 18 heavy (non-hydrogen) atoms. The summed E-state index contributed by atoms with van der Waals surface area (Å²) in [4.78, 5) is 4.50. The number of rotatable bonds is 4. The monoisotopic (exact) mass is 304 g/mol. The van der Waals surface area contributed by atoms with Crippen LogP contribution in [0.15, 0.2) is 18.2 Å². The van der Waals surface area contributed by atoms with Gasteiger partial charge in [-0.05, 0) is 25.1 Å². The average molecular weight is 305 g/mol. The second-order valence-electron chi connectivity index (χ2n) is 4.15. The Labute approximate surface area is 119 Å². The van der Waals surface area contributed by atoms with Gasteiger partial charge in [0.25, 0.3) is 0 Å². The molecule has 0 amide bonds. The fourth-order valence-electron chi connectivity index (χ4n) is 1.87. The van der Waals surface area contributed by atoms with Crippen LogP contribution in [0.1, 0.15) is 18.1 Å². The maximum Gasteiger partial charge on any atom is 0.127 e. The largest absolute Gasteiger partial charge is 0.326 e.